The molecule has 0 spiro atoms. The summed E-state index contributed by atoms with van der Waals surface area (Å²) in [7, 11) is 0. The van der Waals surface area contributed by atoms with Gasteiger partial charge in [0.2, 0.25) is 5.88 Å². The second-order valence-electron chi connectivity index (χ2n) is 6.75. The van der Waals surface area contributed by atoms with Crippen LogP contribution in [-0.4, -0.2) is 47.0 Å². The van der Waals surface area contributed by atoms with Crippen molar-refractivity contribution in [1.82, 2.24) is 9.97 Å². The maximum absolute atomic E-state index is 8.30. The second-order valence-corrected chi connectivity index (χ2v) is 6.75. The molecule has 2 aromatic heterocycles. The summed E-state index contributed by atoms with van der Waals surface area (Å²) in [5.41, 5.74) is 9.54. The van der Waals surface area contributed by atoms with Crippen LogP contribution < -0.4 is 21.1 Å². The fourth-order valence-corrected chi connectivity index (χ4v) is 2.74. The van der Waals surface area contributed by atoms with Crippen LogP contribution in [-0.2, 0) is 0 Å². The Hall–Kier alpha value is -3.49. The molecule has 2 heterocycles. The average Bonchev–Trinajstić information content (AvgIpc) is 2.73. The zero-order chi connectivity index (χ0) is 22.1. The van der Waals surface area contributed by atoms with Crippen molar-refractivity contribution < 1.29 is 4.74 Å². The number of amidine groups is 1. The molecule has 0 fully saturated rings. The number of nitrogens with one attached hydrogen (secondary N) is 4. The van der Waals surface area contributed by atoms with E-state index in [4.69, 9.17) is 26.3 Å². The van der Waals surface area contributed by atoms with Crippen LogP contribution in [0, 0.1) is 10.8 Å². The number of rotatable bonds is 11. The molecule has 6 N–H and O–H groups in total. The van der Waals surface area contributed by atoms with Gasteiger partial charge in [-0.2, -0.15) is 0 Å². The Morgan fingerprint density at radius 3 is 2.80 bits per heavy atom. The van der Waals surface area contributed by atoms with Gasteiger partial charge in [0.15, 0.2) is 0 Å². The molecular formula is C21H30N8O. The first-order chi connectivity index (χ1) is 14.4. The first kappa shape index (κ1) is 22.8. The van der Waals surface area contributed by atoms with Crippen molar-refractivity contribution in [2.75, 3.05) is 23.8 Å². The van der Waals surface area contributed by atoms with Crippen molar-refractivity contribution in [3.63, 3.8) is 0 Å². The predicted molar refractivity (Wildman–Crippen MR) is 123 cm³/mol. The third-order valence-corrected chi connectivity index (χ3v) is 4.40. The van der Waals surface area contributed by atoms with Crippen LogP contribution in [0.3, 0.4) is 0 Å². The third-order valence-electron chi connectivity index (χ3n) is 4.40. The lowest BCUT2D eigenvalue weighted by atomic mass is 10.1. The minimum atomic E-state index is 0.182. The Balaban J connectivity index is 2.64. The molecule has 1 unspecified atom stereocenters. The van der Waals surface area contributed by atoms with Crippen LogP contribution in [0.2, 0.25) is 0 Å². The molecule has 2 rings (SSSR count). The first-order valence-corrected chi connectivity index (χ1v) is 9.91. The van der Waals surface area contributed by atoms with Crippen molar-refractivity contribution in [2.24, 2.45) is 10.7 Å². The van der Waals surface area contributed by atoms with Gasteiger partial charge < -0.3 is 26.5 Å². The van der Waals surface area contributed by atoms with Gasteiger partial charge in [0.25, 0.3) is 0 Å². The quantitative estimate of drug-likeness (QED) is 0.283. The number of hydrogen-bond donors (Lipinski definition) is 5. The highest BCUT2D eigenvalue weighted by molar-refractivity contribution is 6.03. The largest absolute Gasteiger partial charge is 0.477 e. The molecule has 0 bridgehead atoms. The van der Waals surface area contributed by atoms with Crippen molar-refractivity contribution in [2.45, 2.75) is 40.2 Å². The minimum Gasteiger partial charge on any atom is -0.477 e. The highest BCUT2D eigenvalue weighted by Gasteiger charge is 2.19. The molecule has 9 heteroatoms. The average molecular weight is 411 g/mol. The molecule has 0 aromatic carbocycles. The van der Waals surface area contributed by atoms with Crippen LogP contribution in [0.1, 0.15) is 39.8 Å². The highest BCUT2D eigenvalue weighted by Crippen LogP contribution is 2.34. The van der Waals surface area contributed by atoms with Crippen molar-refractivity contribution in [3.05, 3.63) is 30.1 Å². The summed E-state index contributed by atoms with van der Waals surface area (Å²) in [4.78, 5) is 12.9. The van der Waals surface area contributed by atoms with Gasteiger partial charge >= 0.3 is 0 Å². The fraction of sp³-hybridized carbons (Fsp3) is 0.381. The SMILES string of the molecule is CCOc1ncccc1-c1cc(NCC(N)=NC=N)c(NC(C)CC)c(C(C)=N)n1. The molecule has 9 nitrogen and oxygen atoms in total. The van der Waals surface area contributed by atoms with Crippen LogP contribution >= 0.6 is 0 Å². The summed E-state index contributed by atoms with van der Waals surface area (Å²) < 4.78 is 5.67. The maximum atomic E-state index is 8.30. The van der Waals surface area contributed by atoms with Gasteiger partial charge in [-0.1, -0.05) is 6.92 Å². The molecule has 0 amide bonds. The minimum absolute atomic E-state index is 0.182. The number of aromatic nitrogens is 2. The van der Waals surface area contributed by atoms with Crippen LogP contribution in [0.4, 0.5) is 11.4 Å². The van der Waals surface area contributed by atoms with E-state index < -0.39 is 0 Å². The highest BCUT2D eigenvalue weighted by atomic mass is 16.5. The van der Waals surface area contributed by atoms with Gasteiger partial charge in [-0.15, -0.1) is 0 Å². The third kappa shape index (κ3) is 5.76. The summed E-state index contributed by atoms with van der Waals surface area (Å²) in [6.45, 7) is 8.49. The van der Waals surface area contributed by atoms with E-state index in [0.29, 0.717) is 29.6 Å². The molecular weight excluding hydrogens is 380 g/mol. The topological polar surface area (TPSA) is 145 Å². The van der Waals surface area contributed by atoms with Gasteiger partial charge in [-0.05, 0) is 45.4 Å². The predicted octanol–water partition coefficient (Wildman–Crippen LogP) is 3.52. The van der Waals surface area contributed by atoms with E-state index >= 15 is 0 Å². The van der Waals surface area contributed by atoms with E-state index in [0.717, 1.165) is 29.7 Å². The van der Waals surface area contributed by atoms with Crippen LogP contribution in [0.15, 0.2) is 29.4 Å². The molecule has 1 atom stereocenters. The van der Waals surface area contributed by atoms with E-state index in [1.807, 2.05) is 25.1 Å². The number of aliphatic imine (C=N–C) groups is 1. The van der Waals surface area contributed by atoms with Crippen molar-refractivity contribution >= 4 is 29.3 Å². The molecule has 30 heavy (non-hydrogen) atoms. The van der Waals surface area contributed by atoms with E-state index in [2.05, 4.69) is 34.5 Å². The maximum Gasteiger partial charge on any atom is 0.222 e. The Kier molecular flexibility index (Phi) is 8.28. The van der Waals surface area contributed by atoms with E-state index in [9.17, 15) is 0 Å². The molecule has 0 radical (unpaired) electrons. The second kappa shape index (κ2) is 10.9. The molecule has 0 aliphatic carbocycles. The number of hydrogen-bond acceptors (Lipinski definition) is 7. The van der Waals surface area contributed by atoms with Gasteiger partial charge in [-0.3, -0.25) is 5.41 Å². The zero-order valence-electron chi connectivity index (χ0n) is 17.9. The lowest BCUT2D eigenvalue weighted by Gasteiger charge is -2.22. The summed E-state index contributed by atoms with van der Waals surface area (Å²) in [5.74, 6) is 0.766. The summed E-state index contributed by atoms with van der Waals surface area (Å²) >= 11 is 0. The lowest BCUT2D eigenvalue weighted by molar-refractivity contribution is 0.328. The Morgan fingerprint density at radius 2 is 2.17 bits per heavy atom. The Bertz CT molecular complexity index is 925. The van der Waals surface area contributed by atoms with Crippen molar-refractivity contribution in [1.29, 1.82) is 10.8 Å². The number of anilines is 2. The zero-order valence-corrected chi connectivity index (χ0v) is 17.9. The first-order valence-electron chi connectivity index (χ1n) is 9.91. The monoisotopic (exact) mass is 410 g/mol. The van der Waals surface area contributed by atoms with Gasteiger partial charge in [-0.25, -0.2) is 15.0 Å². The molecule has 0 saturated carbocycles. The molecule has 0 aliphatic rings. The van der Waals surface area contributed by atoms with Crippen LogP contribution in [0.5, 0.6) is 5.88 Å². The molecule has 160 valence electrons. The fourth-order valence-electron chi connectivity index (χ4n) is 2.74. The van der Waals surface area contributed by atoms with E-state index in [-0.39, 0.29) is 18.4 Å². The van der Waals surface area contributed by atoms with Gasteiger partial charge in [0, 0.05) is 12.2 Å². The van der Waals surface area contributed by atoms with Gasteiger partial charge in [0.05, 0.1) is 41.5 Å². The standard InChI is InChI=1S/C21H30N8O/c1-5-13(3)28-20-17(26-11-18(24)27-12-22)10-16(29-19(20)14(4)23)15-8-7-9-25-21(15)30-6-2/h7-10,12-13,23,28H,5-6,11H2,1-4H3,(H,26,29)(H3,22,24,27). The summed E-state index contributed by atoms with van der Waals surface area (Å²) in [6, 6.07) is 5.78. The number of nitrogens with two attached hydrogens (primary N) is 1. The molecule has 2 aromatic rings. The van der Waals surface area contributed by atoms with Crippen molar-refractivity contribution in [3.8, 4) is 17.1 Å². The smallest absolute Gasteiger partial charge is 0.222 e. The van der Waals surface area contributed by atoms with Gasteiger partial charge in [0.1, 0.15) is 17.9 Å². The van der Waals surface area contributed by atoms with E-state index in [1.54, 1.807) is 13.1 Å². The summed E-state index contributed by atoms with van der Waals surface area (Å²) in [5, 5.41) is 22.1. The molecule has 0 saturated heterocycles. The van der Waals surface area contributed by atoms with E-state index in [1.165, 1.54) is 0 Å². The Labute approximate surface area is 177 Å². The summed E-state index contributed by atoms with van der Waals surface area (Å²) in [6.07, 6.45) is 3.49. The number of pyridine rings is 2. The number of ether oxygens (including phenoxy) is 1. The Morgan fingerprint density at radius 1 is 1.40 bits per heavy atom. The normalized spacial score (nSPS) is 12.2. The molecule has 0 aliphatic heterocycles. The number of nitrogens with zero attached hydrogens (tertiary/aromatic N) is 3. The lowest BCUT2D eigenvalue weighted by Crippen LogP contribution is -2.25. The van der Waals surface area contributed by atoms with Crippen LogP contribution in [0.25, 0.3) is 11.3 Å².